The van der Waals surface area contributed by atoms with E-state index in [-0.39, 0.29) is 0 Å². The number of aryl methyl sites for hydroxylation is 1. The fourth-order valence-corrected chi connectivity index (χ4v) is 2.84. The van der Waals surface area contributed by atoms with Gasteiger partial charge in [0.1, 0.15) is 0 Å². The summed E-state index contributed by atoms with van der Waals surface area (Å²) in [5.74, 6) is 0. The number of rotatable bonds is 5. The maximum atomic E-state index is 5.89. The smallest absolute Gasteiger partial charge is 0.0934 e. The van der Waals surface area contributed by atoms with Crippen LogP contribution in [0.15, 0.2) is 24.5 Å². The van der Waals surface area contributed by atoms with Gasteiger partial charge in [0.05, 0.1) is 17.9 Å². The van der Waals surface area contributed by atoms with Gasteiger partial charge in [-0.05, 0) is 32.9 Å². The summed E-state index contributed by atoms with van der Waals surface area (Å²) in [5.41, 5.74) is 0. The van der Waals surface area contributed by atoms with Crippen LogP contribution in [0, 0.1) is 6.92 Å². The van der Waals surface area contributed by atoms with E-state index in [1.165, 1.54) is 9.75 Å². The van der Waals surface area contributed by atoms with E-state index in [1.54, 1.807) is 6.20 Å². The van der Waals surface area contributed by atoms with Crippen molar-refractivity contribution in [3.05, 3.63) is 39.3 Å². The number of aromatic nitrogens is 2. The van der Waals surface area contributed by atoms with Crippen LogP contribution in [0.2, 0.25) is 5.02 Å². The summed E-state index contributed by atoms with van der Waals surface area (Å²) in [6.45, 7) is 8.26. The van der Waals surface area contributed by atoms with Crippen molar-refractivity contribution < 1.29 is 0 Å². The Kier molecular flexibility index (Phi) is 4.43. The van der Waals surface area contributed by atoms with Gasteiger partial charge in [-0.3, -0.25) is 9.58 Å². The lowest BCUT2D eigenvalue weighted by atomic mass is 10.3. The minimum atomic E-state index is 0.468. The Balaban J connectivity index is 2.04. The predicted octanol–water partition coefficient (Wildman–Crippen LogP) is 3.77. The third-order valence-corrected chi connectivity index (χ3v) is 3.99. The van der Waals surface area contributed by atoms with Crippen molar-refractivity contribution in [3.8, 4) is 0 Å². The van der Waals surface area contributed by atoms with Gasteiger partial charge in [-0.25, -0.2) is 0 Å². The van der Waals surface area contributed by atoms with Gasteiger partial charge in [-0.15, -0.1) is 11.3 Å². The molecule has 2 aromatic rings. The van der Waals surface area contributed by atoms with Gasteiger partial charge in [-0.1, -0.05) is 11.6 Å². The van der Waals surface area contributed by atoms with Crippen LogP contribution in [0.25, 0.3) is 0 Å². The molecule has 0 aromatic carbocycles. The van der Waals surface area contributed by atoms with E-state index in [0.29, 0.717) is 11.1 Å². The van der Waals surface area contributed by atoms with Crippen LogP contribution >= 0.6 is 22.9 Å². The van der Waals surface area contributed by atoms with E-state index in [2.05, 4.69) is 42.9 Å². The lowest BCUT2D eigenvalue weighted by Crippen LogP contribution is -2.32. The van der Waals surface area contributed by atoms with E-state index < -0.39 is 0 Å². The molecular formula is C13H18ClN3S. The number of hydrogen-bond acceptors (Lipinski definition) is 3. The maximum Gasteiger partial charge on any atom is 0.0934 e. The summed E-state index contributed by atoms with van der Waals surface area (Å²) in [6.07, 6.45) is 3.53. The summed E-state index contributed by atoms with van der Waals surface area (Å²) in [7, 11) is 0. The first-order valence-corrected chi connectivity index (χ1v) is 7.21. The Morgan fingerprint density at radius 2 is 2.22 bits per heavy atom. The molecule has 0 fully saturated rings. The van der Waals surface area contributed by atoms with E-state index in [0.717, 1.165) is 13.2 Å². The summed E-state index contributed by atoms with van der Waals surface area (Å²) in [5, 5.41) is 4.92. The van der Waals surface area contributed by atoms with Crippen LogP contribution in [0.4, 0.5) is 0 Å². The molecule has 0 aliphatic carbocycles. The largest absolute Gasteiger partial charge is 0.277 e. The van der Waals surface area contributed by atoms with Gasteiger partial charge in [0.25, 0.3) is 0 Å². The Morgan fingerprint density at radius 3 is 2.72 bits per heavy atom. The second kappa shape index (κ2) is 5.87. The number of hydrogen-bond donors (Lipinski definition) is 0. The third kappa shape index (κ3) is 3.57. The van der Waals surface area contributed by atoms with Crippen molar-refractivity contribution in [2.24, 2.45) is 0 Å². The lowest BCUT2D eigenvalue weighted by Gasteiger charge is -2.25. The molecule has 2 heterocycles. The molecule has 0 unspecified atom stereocenters. The van der Waals surface area contributed by atoms with Gasteiger partial charge < -0.3 is 0 Å². The molecule has 5 heteroatoms. The van der Waals surface area contributed by atoms with E-state index in [9.17, 15) is 0 Å². The molecule has 2 rings (SSSR count). The van der Waals surface area contributed by atoms with Crippen LogP contribution in [-0.2, 0) is 13.2 Å². The fraction of sp³-hybridized carbons (Fsp3) is 0.462. The normalized spacial score (nSPS) is 11.7. The van der Waals surface area contributed by atoms with Gasteiger partial charge in [0.15, 0.2) is 0 Å². The Hall–Kier alpha value is -0.840. The molecule has 0 saturated heterocycles. The molecule has 3 nitrogen and oxygen atoms in total. The van der Waals surface area contributed by atoms with Crippen molar-refractivity contribution in [1.82, 2.24) is 14.7 Å². The van der Waals surface area contributed by atoms with Crippen molar-refractivity contribution in [2.75, 3.05) is 0 Å². The molecule has 0 aliphatic heterocycles. The number of thiophene rings is 1. The number of nitrogens with zero attached hydrogens (tertiary/aromatic N) is 3. The average Bonchev–Trinajstić information content (AvgIpc) is 2.87. The van der Waals surface area contributed by atoms with Crippen LogP contribution < -0.4 is 0 Å². The van der Waals surface area contributed by atoms with E-state index >= 15 is 0 Å². The SMILES string of the molecule is Cc1ccc(CN(Cn2cc(Cl)cn2)C(C)C)s1. The first-order valence-electron chi connectivity index (χ1n) is 6.02. The second-order valence-electron chi connectivity index (χ2n) is 4.69. The van der Waals surface area contributed by atoms with Gasteiger partial charge >= 0.3 is 0 Å². The first kappa shape index (κ1) is 13.6. The fourth-order valence-electron chi connectivity index (χ4n) is 1.77. The van der Waals surface area contributed by atoms with Gasteiger partial charge in [-0.2, -0.15) is 5.10 Å². The van der Waals surface area contributed by atoms with E-state index in [1.807, 2.05) is 22.2 Å². The Labute approximate surface area is 117 Å². The molecule has 0 aliphatic rings. The molecule has 0 spiro atoms. The zero-order valence-electron chi connectivity index (χ0n) is 10.9. The van der Waals surface area contributed by atoms with Crippen LogP contribution in [0.5, 0.6) is 0 Å². The zero-order valence-corrected chi connectivity index (χ0v) is 12.5. The molecule has 0 N–H and O–H groups in total. The lowest BCUT2D eigenvalue weighted by molar-refractivity contribution is 0.156. The maximum absolute atomic E-state index is 5.89. The minimum absolute atomic E-state index is 0.468. The standard InChI is InChI=1S/C13H18ClN3S/c1-10(2)16(8-13-5-4-11(3)18-13)9-17-7-12(14)6-15-17/h4-7,10H,8-9H2,1-3H3. The average molecular weight is 284 g/mol. The highest BCUT2D eigenvalue weighted by atomic mass is 35.5. The highest BCUT2D eigenvalue weighted by molar-refractivity contribution is 7.11. The quantitative estimate of drug-likeness (QED) is 0.833. The number of halogens is 1. The summed E-state index contributed by atoms with van der Waals surface area (Å²) in [6, 6.07) is 4.84. The monoisotopic (exact) mass is 283 g/mol. The van der Waals surface area contributed by atoms with Crippen LogP contribution in [0.3, 0.4) is 0 Å². The molecule has 18 heavy (non-hydrogen) atoms. The molecule has 0 radical (unpaired) electrons. The highest BCUT2D eigenvalue weighted by Crippen LogP contribution is 2.19. The van der Waals surface area contributed by atoms with Gasteiger partial charge in [0, 0.05) is 28.5 Å². The minimum Gasteiger partial charge on any atom is -0.277 e. The molecule has 0 atom stereocenters. The molecule has 0 bridgehead atoms. The van der Waals surface area contributed by atoms with E-state index in [4.69, 9.17) is 11.6 Å². The van der Waals surface area contributed by atoms with Crippen molar-refractivity contribution in [3.63, 3.8) is 0 Å². The van der Waals surface area contributed by atoms with Crippen molar-refractivity contribution in [2.45, 2.75) is 40.0 Å². The summed E-state index contributed by atoms with van der Waals surface area (Å²) < 4.78 is 1.88. The third-order valence-electron chi connectivity index (χ3n) is 2.81. The summed E-state index contributed by atoms with van der Waals surface area (Å²) in [4.78, 5) is 5.12. The Morgan fingerprint density at radius 1 is 1.44 bits per heavy atom. The molecule has 0 amide bonds. The van der Waals surface area contributed by atoms with Crippen LogP contribution in [0.1, 0.15) is 23.6 Å². The molecule has 98 valence electrons. The summed E-state index contributed by atoms with van der Waals surface area (Å²) >= 11 is 7.74. The van der Waals surface area contributed by atoms with Crippen molar-refractivity contribution >= 4 is 22.9 Å². The zero-order chi connectivity index (χ0) is 13.1. The van der Waals surface area contributed by atoms with Gasteiger partial charge in [0.2, 0.25) is 0 Å². The van der Waals surface area contributed by atoms with Crippen LogP contribution in [-0.4, -0.2) is 20.7 Å². The topological polar surface area (TPSA) is 21.1 Å². The highest BCUT2D eigenvalue weighted by Gasteiger charge is 2.12. The Bertz CT molecular complexity index is 462. The molecule has 2 aromatic heterocycles. The second-order valence-corrected chi connectivity index (χ2v) is 6.50. The molecule has 0 saturated carbocycles. The first-order chi connectivity index (χ1) is 8.54. The predicted molar refractivity (Wildman–Crippen MR) is 77.0 cm³/mol. The van der Waals surface area contributed by atoms with Crippen molar-refractivity contribution in [1.29, 1.82) is 0 Å². The molecular weight excluding hydrogens is 266 g/mol.